The molecule has 2 aliphatic heterocycles. The molecule has 6 heteroatoms. The van der Waals surface area contributed by atoms with Crippen molar-refractivity contribution in [3.8, 4) is 0 Å². The molecule has 2 fully saturated rings. The van der Waals surface area contributed by atoms with Crippen molar-refractivity contribution < 1.29 is 4.79 Å². The van der Waals surface area contributed by atoms with Crippen LogP contribution in [0.5, 0.6) is 0 Å². The molecule has 0 saturated carbocycles. The number of nitrogens with zero attached hydrogens (tertiary/aromatic N) is 1. The smallest absolute Gasteiger partial charge is 0.270 e. The highest BCUT2D eigenvalue weighted by atomic mass is 35.5. The largest absolute Gasteiger partial charge is 0.348 e. The number of amides is 1. The molecule has 1 amide bonds. The molecule has 4 rings (SSSR count). The third kappa shape index (κ3) is 3.77. The SMILES string of the molecule is Cl.Cl.O=C(NC1CC2CCC(C1)N2)c1ccc2ccccc2n1. The number of rotatable bonds is 2. The first kappa shape index (κ1) is 18.0. The van der Waals surface area contributed by atoms with E-state index in [4.69, 9.17) is 0 Å². The second-order valence-electron chi connectivity index (χ2n) is 6.17. The highest BCUT2D eigenvalue weighted by Crippen LogP contribution is 2.26. The van der Waals surface area contributed by atoms with Crippen LogP contribution in [0.25, 0.3) is 10.9 Å². The summed E-state index contributed by atoms with van der Waals surface area (Å²) < 4.78 is 0. The van der Waals surface area contributed by atoms with Gasteiger partial charge in [0, 0.05) is 23.5 Å². The van der Waals surface area contributed by atoms with Crippen LogP contribution >= 0.6 is 24.8 Å². The Labute approximate surface area is 148 Å². The predicted octanol–water partition coefficient (Wildman–Crippen LogP) is 3.09. The number of para-hydroxylation sites is 1. The zero-order chi connectivity index (χ0) is 14.2. The number of carbonyl (C=O) groups excluding carboxylic acids is 1. The summed E-state index contributed by atoms with van der Waals surface area (Å²) in [5, 5.41) is 7.81. The molecule has 2 bridgehead atoms. The maximum Gasteiger partial charge on any atom is 0.270 e. The number of aromatic nitrogens is 1. The summed E-state index contributed by atoms with van der Waals surface area (Å²) >= 11 is 0. The molecule has 3 heterocycles. The van der Waals surface area contributed by atoms with E-state index in [0.29, 0.717) is 17.8 Å². The zero-order valence-electron chi connectivity index (χ0n) is 12.7. The van der Waals surface area contributed by atoms with E-state index in [1.807, 2.05) is 36.4 Å². The van der Waals surface area contributed by atoms with Crippen molar-refractivity contribution in [2.24, 2.45) is 0 Å². The maximum absolute atomic E-state index is 12.4. The number of carbonyl (C=O) groups is 1. The minimum atomic E-state index is -0.0490. The molecule has 23 heavy (non-hydrogen) atoms. The van der Waals surface area contributed by atoms with Gasteiger partial charge in [-0.05, 0) is 37.8 Å². The first-order chi connectivity index (χ1) is 10.3. The number of benzene rings is 1. The first-order valence-corrected chi connectivity index (χ1v) is 7.70. The summed E-state index contributed by atoms with van der Waals surface area (Å²) in [5.74, 6) is -0.0490. The van der Waals surface area contributed by atoms with Gasteiger partial charge in [-0.15, -0.1) is 24.8 Å². The number of halogens is 2. The fourth-order valence-corrected chi connectivity index (χ4v) is 3.63. The van der Waals surface area contributed by atoms with Crippen molar-refractivity contribution in [2.75, 3.05) is 0 Å². The second kappa shape index (κ2) is 7.47. The van der Waals surface area contributed by atoms with Gasteiger partial charge in [0.15, 0.2) is 0 Å². The second-order valence-corrected chi connectivity index (χ2v) is 6.17. The van der Waals surface area contributed by atoms with Crippen LogP contribution in [0.3, 0.4) is 0 Å². The lowest BCUT2D eigenvalue weighted by Gasteiger charge is -2.29. The van der Waals surface area contributed by atoms with Crippen molar-refractivity contribution in [3.05, 3.63) is 42.1 Å². The van der Waals surface area contributed by atoms with Crippen molar-refractivity contribution in [2.45, 2.75) is 43.8 Å². The van der Waals surface area contributed by atoms with Gasteiger partial charge < -0.3 is 10.6 Å². The lowest BCUT2D eigenvalue weighted by Crippen LogP contribution is -2.48. The van der Waals surface area contributed by atoms with Gasteiger partial charge in [-0.3, -0.25) is 4.79 Å². The molecule has 124 valence electrons. The number of pyridine rings is 1. The Balaban J connectivity index is 0.000000960. The van der Waals surface area contributed by atoms with Gasteiger partial charge in [0.05, 0.1) is 5.52 Å². The molecule has 0 spiro atoms. The lowest BCUT2D eigenvalue weighted by molar-refractivity contribution is 0.0919. The molecule has 2 N–H and O–H groups in total. The molecule has 4 nitrogen and oxygen atoms in total. The summed E-state index contributed by atoms with van der Waals surface area (Å²) in [7, 11) is 0. The average molecular weight is 354 g/mol. The monoisotopic (exact) mass is 353 g/mol. The van der Waals surface area contributed by atoms with E-state index in [9.17, 15) is 4.79 Å². The number of piperidine rings is 1. The maximum atomic E-state index is 12.4. The first-order valence-electron chi connectivity index (χ1n) is 7.70. The fourth-order valence-electron chi connectivity index (χ4n) is 3.63. The number of hydrogen-bond acceptors (Lipinski definition) is 3. The Morgan fingerprint density at radius 3 is 2.48 bits per heavy atom. The van der Waals surface area contributed by atoms with Crippen LogP contribution in [-0.2, 0) is 0 Å². The Morgan fingerprint density at radius 1 is 1.04 bits per heavy atom. The van der Waals surface area contributed by atoms with E-state index in [1.165, 1.54) is 12.8 Å². The van der Waals surface area contributed by atoms with Crippen molar-refractivity contribution in [1.82, 2.24) is 15.6 Å². The molecular weight excluding hydrogens is 333 g/mol. The quantitative estimate of drug-likeness (QED) is 0.872. The van der Waals surface area contributed by atoms with Crippen LogP contribution in [0.2, 0.25) is 0 Å². The Bertz CT molecular complexity index is 682. The van der Waals surface area contributed by atoms with Crippen molar-refractivity contribution in [3.63, 3.8) is 0 Å². The number of nitrogens with one attached hydrogen (secondary N) is 2. The molecule has 1 aromatic heterocycles. The summed E-state index contributed by atoms with van der Waals surface area (Å²) in [5.41, 5.74) is 1.38. The van der Waals surface area contributed by atoms with Gasteiger partial charge in [0.1, 0.15) is 5.69 Å². The molecule has 2 aliphatic rings. The molecule has 2 atom stereocenters. The molecule has 2 unspecified atom stereocenters. The highest BCUT2D eigenvalue weighted by Gasteiger charge is 2.34. The fraction of sp³-hybridized carbons (Fsp3) is 0.412. The summed E-state index contributed by atoms with van der Waals surface area (Å²) in [4.78, 5) is 16.9. The van der Waals surface area contributed by atoms with Gasteiger partial charge in [-0.1, -0.05) is 24.3 Å². The van der Waals surface area contributed by atoms with Gasteiger partial charge in [-0.2, -0.15) is 0 Å². The van der Waals surface area contributed by atoms with Gasteiger partial charge in [-0.25, -0.2) is 4.98 Å². The summed E-state index contributed by atoms with van der Waals surface area (Å²) in [6.07, 6.45) is 4.56. The van der Waals surface area contributed by atoms with Gasteiger partial charge in [0.2, 0.25) is 0 Å². The lowest BCUT2D eigenvalue weighted by atomic mass is 9.99. The standard InChI is InChI=1S/C17H19N3O.2ClH/c21-17(19-14-9-12-6-7-13(10-14)18-12)16-8-5-11-3-1-2-4-15(11)20-16;;/h1-5,8,12-14,18H,6-7,9-10H2,(H,19,21);2*1H. The van der Waals surface area contributed by atoms with Crippen LogP contribution in [0.4, 0.5) is 0 Å². The van der Waals surface area contributed by atoms with Crippen LogP contribution in [0.1, 0.15) is 36.2 Å². The predicted molar refractivity (Wildman–Crippen MR) is 96.7 cm³/mol. The van der Waals surface area contributed by atoms with Crippen LogP contribution in [-0.4, -0.2) is 29.0 Å². The summed E-state index contributed by atoms with van der Waals surface area (Å²) in [6, 6.07) is 13.1. The van der Waals surface area contributed by atoms with E-state index in [1.54, 1.807) is 0 Å². The molecular formula is C17H21Cl2N3O. The third-order valence-corrected chi connectivity index (χ3v) is 4.64. The van der Waals surface area contributed by atoms with E-state index in [2.05, 4.69) is 15.6 Å². The Hall–Kier alpha value is -1.36. The van der Waals surface area contributed by atoms with E-state index < -0.39 is 0 Å². The van der Waals surface area contributed by atoms with Crippen LogP contribution in [0, 0.1) is 0 Å². The molecule has 0 aliphatic carbocycles. The number of fused-ring (bicyclic) bond motifs is 3. The zero-order valence-corrected chi connectivity index (χ0v) is 14.3. The normalized spacial score (nSPS) is 25.3. The highest BCUT2D eigenvalue weighted by molar-refractivity contribution is 5.95. The average Bonchev–Trinajstić information content (AvgIpc) is 2.85. The Morgan fingerprint density at radius 2 is 1.74 bits per heavy atom. The van der Waals surface area contributed by atoms with Crippen molar-refractivity contribution >= 4 is 41.6 Å². The van der Waals surface area contributed by atoms with Gasteiger partial charge in [0.25, 0.3) is 5.91 Å². The van der Waals surface area contributed by atoms with Crippen LogP contribution < -0.4 is 10.6 Å². The molecule has 1 aromatic carbocycles. The molecule has 2 saturated heterocycles. The van der Waals surface area contributed by atoms with E-state index in [0.717, 1.165) is 23.7 Å². The third-order valence-electron chi connectivity index (χ3n) is 4.64. The minimum absolute atomic E-state index is 0. The van der Waals surface area contributed by atoms with E-state index >= 15 is 0 Å². The summed E-state index contributed by atoms with van der Waals surface area (Å²) in [6.45, 7) is 0. The molecule has 2 aromatic rings. The topological polar surface area (TPSA) is 54.0 Å². The van der Waals surface area contributed by atoms with Crippen LogP contribution in [0.15, 0.2) is 36.4 Å². The minimum Gasteiger partial charge on any atom is -0.348 e. The van der Waals surface area contributed by atoms with E-state index in [-0.39, 0.29) is 36.8 Å². The van der Waals surface area contributed by atoms with Gasteiger partial charge >= 0.3 is 0 Å². The van der Waals surface area contributed by atoms with Crippen molar-refractivity contribution in [1.29, 1.82) is 0 Å². The Kier molecular flexibility index (Phi) is 5.84. The molecule has 0 radical (unpaired) electrons. The number of hydrogen-bond donors (Lipinski definition) is 2.